The Morgan fingerprint density at radius 3 is 2.69 bits per heavy atom. The molecule has 0 saturated carbocycles. The van der Waals surface area contributed by atoms with Gasteiger partial charge in [0.2, 0.25) is 0 Å². The van der Waals surface area contributed by atoms with Crippen molar-refractivity contribution < 1.29 is 4.79 Å². The van der Waals surface area contributed by atoms with Crippen LogP contribution >= 0.6 is 27.5 Å². The third-order valence-electron chi connectivity index (χ3n) is 1.62. The van der Waals surface area contributed by atoms with E-state index in [2.05, 4.69) is 15.9 Å². The molecule has 0 amide bonds. The monoisotopic (exact) mass is 261 g/mol. The summed E-state index contributed by atoms with van der Waals surface area (Å²) in [7, 11) is 0. The molecule has 0 fully saturated rings. The number of hydrogen-bond donors (Lipinski definition) is 1. The average molecular weight is 263 g/mol. The van der Waals surface area contributed by atoms with Crippen molar-refractivity contribution in [1.82, 2.24) is 0 Å². The smallest absolute Gasteiger partial charge is 0.179 e. The van der Waals surface area contributed by atoms with E-state index in [1.165, 1.54) is 0 Å². The summed E-state index contributed by atoms with van der Waals surface area (Å²) in [6.45, 7) is 1.66. The van der Waals surface area contributed by atoms with Crippen molar-refractivity contribution in [2.45, 2.75) is 13.0 Å². The van der Waals surface area contributed by atoms with E-state index in [1.54, 1.807) is 25.1 Å². The van der Waals surface area contributed by atoms with Crippen LogP contribution in [0.15, 0.2) is 22.7 Å². The Balaban J connectivity index is 3.04. The quantitative estimate of drug-likeness (QED) is 0.833. The molecule has 0 saturated heterocycles. The molecular weight excluding hydrogens is 253 g/mol. The van der Waals surface area contributed by atoms with Crippen LogP contribution in [0.4, 0.5) is 0 Å². The highest BCUT2D eigenvalue weighted by atomic mass is 79.9. The van der Waals surface area contributed by atoms with Crippen LogP contribution < -0.4 is 5.73 Å². The van der Waals surface area contributed by atoms with E-state index in [4.69, 9.17) is 17.3 Å². The molecule has 0 bridgehead atoms. The normalized spacial score (nSPS) is 12.6. The first-order chi connectivity index (χ1) is 6.02. The molecule has 1 unspecified atom stereocenters. The van der Waals surface area contributed by atoms with Gasteiger partial charge in [-0.15, -0.1) is 0 Å². The second-order valence-corrected chi connectivity index (χ2v) is 4.04. The molecule has 0 radical (unpaired) electrons. The molecule has 13 heavy (non-hydrogen) atoms. The van der Waals surface area contributed by atoms with Crippen LogP contribution in [-0.4, -0.2) is 11.8 Å². The summed E-state index contributed by atoms with van der Waals surface area (Å²) in [5.74, 6) is -0.0858. The lowest BCUT2D eigenvalue weighted by atomic mass is 10.1. The molecule has 4 heteroatoms. The minimum Gasteiger partial charge on any atom is -0.321 e. The molecule has 1 aromatic rings. The predicted molar refractivity (Wildman–Crippen MR) is 57.1 cm³/mol. The Morgan fingerprint density at radius 1 is 1.62 bits per heavy atom. The first-order valence-corrected chi connectivity index (χ1v) is 4.94. The fourth-order valence-corrected chi connectivity index (χ4v) is 1.41. The van der Waals surface area contributed by atoms with Crippen LogP contribution in [-0.2, 0) is 0 Å². The minimum atomic E-state index is -0.479. The number of benzene rings is 1. The predicted octanol–water partition coefficient (Wildman–Crippen LogP) is 2.63. The van der Waals surface area contributed by atoms with E-state index in [0.717, 1.165) is 0 Å². The molecule has 1 aromatic carbocycles. The molecule has 1 atom stereocenters. The zero-order chi connectivity index (χ0) is 10.0. The molecule has 0 aliphatic carbocycles. The van der Waals surface area contributed by atoms with Crippen LogP contribution in [0.1, 0.15) is 17.3 Å². The summed E-state index contributed by atoms with van der Waals surface area (Å²) in [5, 5.41) is 0.584. The fourth-order valence-electron chi connectivity index (χ4n) is 0.912. The number of ketones is 1. The molecule has 0 aliphatic rings. The summed E-state index contributed by atoms with van der Waals surface area (Å²) in [5.41, 5.74) is 6.03. The molecular formula is C9H9BrClNO. The van der Waals surface area contributed by atoms with Gasteiger partial charge >= 0.3 is 0 Å². The number of nitrogens with two attached hydrogens (primary N) is 1. The number of Topliss-reactive ketones (excluding diaryl/α,β-unsaturated/α-hetero) is 1. The molecule has 2 nitrogen and oxygen atoms in total. The van der Waals surface area contributed by atoms with Crippen LogP contribution in [0.25, 0.3) is 0 Å². The topological polar surface area (TPSA) is 43.1 Å². The van der Waals surface area contributed by atoms with E-state index in [-0.39, 0.29) is 5.78 Å². The van der Waals surface area contributed by atoms with E-state index < -0.39 is 6.04 Å². The number of carbonyl (C=O) groups is 1. The molecule has 70 valence electrons. The SMILES string of the molecule is CC(N)C(=O)c1ccc(Cl)c(Br)c1. The van der Waals surface area contributed by atoms with Gasteiger partial charge in [0, 0.05) is 10.0 Å². The van der Waals surface area contributed by atoms with Gasteiger partial charge in [-0.3, -0.25) is 4.79 Å². The molecule has 0 heterocycles. The van der Waals surface area contributed by atoms with Gasteiger partial charge in [0.05, 0.1) is 11.1 Å². The minimum absolute atomic E-state index is 0.0858. The Morgan fingerprint density at radius 2 is 2.23 bits per heavy atom. The van der Waals surface area contributed by atoms with Gasteiger partial charge in [-0.2, -0.15) is 0 Å². The standard InChI is InChI=1S/C9H9BrClNO/c1-5(12)9(13)6-2-3-8(11)7(10)4-6/h2-5H,12H2,1H3. The van der Waals surface area contributed by atoms with Crippen LogP contribution in [0.3, 0.4) is 0 Å². The fraction of sp³-hybridized carbons (Fsp3) is 0.222. The van der Waals surface area contributed by atoms with Crippen molar-refractivity contribution in [3.05, 3.63) is 33.3 Å². The summed E-state index contributed by atoms with van der Waals surface area (Å²) in [6, 6.07) is 4.53. The number of carbonyl (C=O) groups excluding carboxylic acids is 1. The van der Waals surface area contributed by atoms with Gasteiger partial charge in [0.25, 0.3) is 0 Å². The molecule has 0 aromatic heterocycles. The average Bonchev–Trinajstić information content (AvgIpc) is 2.08. The van der Waals surface area contributed by atoms with Gasteiger partial charge in [-0.1, -0.05) is 11.6 Å². The molecule has 1 rings (SSSR count). The highest BCUT2D eigenvalue weighted by molar-refractivity contribution is 9.10. The number of hydrogen-bond acceptors (Lipinski definition) is 2. The van der Waals surface area contributed by atoms with Crippen LogP contribution in [0, 0.1) is 0 Å². The van der Waals surface area contributed by atoms with Gasteiger partial charge in [-0.05, 0) is 41.1 Å². The lowest BCUT2D eigenvalue weighted by Crippen LogP contribution is -2.26. The van der Waals surface area contributed by atoms with E-state index in [9.17, 15) is 4.79 Å². The maximum Gasteiger partial charge on any atom is 0.179 e. The Kier molecular flexibility index (Phi) is 3.47. The van der Waals surface area contributed by atoms with Gasteiger partial charge in [0.15, 0.2) is 5.78 Å². The first-order valence-electron chi connectivity index (χ1n) is 3.77. The zero-order valence-electron chi connectivity index (χ0n) is 7.05. The number of rotatable bonds is 2. The maximum absolute atomic E-state index is 11.4. The lowest BCUT2D eigenvalue weighted by Gasteiger charge is -2.05. The van der Waals surface area contributed by atoms with Crippen molar-refractivity contribution in [3.63, 3.8) is 0 Å². The van der Waals surface area contributed by atoms with Crippen molar-refractivity contribution in [3.8, 4) is 0 Å². The summed E-state index contributed by atoms with van der Waals surface area (Å²) >= 11 is 9.01. The third-order valence-corrected chi connectivity index (χ3v) is 2.83. The van der Waals surface area contributed by atoms with Crippen LogP contribution in [0.2, 0.25) is 5.02 Å². The zero-order valence-corrected chi connectivity index (χ0v) is 9.39. The second kappa shape index (κ2) is 4.22. The summed E-state index contributed by atoms with van der Waals surface area (Å²) in [4.78, 5) is 11.4. The largest absolute Gasteiger partial charge is 0.321 e. The Labute approximate surface area is 90.2 Å². The number of halogens is 2. The Hall–Kier alpha value is -0.380. The van der Waals surface area contributed by atoms with E-state index in [0.29, 0.717) is 15.1 Å². The summed E-state index contributed by atoms with van der Waals surface area (Å²) in [6.07, 6.45) is 0. The van der Waals surface area contributed by atoms with E-state index in [1.807, 2.05) is 0 Å². The van der Waals surface area contributed by atoms with E-state index >= 15 is 0 Å². The molecule has 2 N–H and O–H groups in total. The third kappa shape index (κ3) is 2.53. The van der Waals surface area contributed by atoms with Crippen molar-refractivity contribution in [2.24, 2.45) is 5.73 Å². The lowest BCUT2D eigenvalue weighted by molar-refractivity contribution is 0.0968. The highest BCUT2D eigenvalue weighted by Gasteiger charge is 2.11. The Bertz CT molecular complexity index is 338. The van der Waals surface area contributed by atoms with Gasteiger partial charge in [0.1, 0.15) is 0 Å². The molecule has 0 spiro atoms. The van der Waals surface area contributed by atoms with Crippen molar-refractivity contribution in [2.75, 3.05) is 0 Å². The first kappa shape index (κ1) is 10.7. The van der Waals surface area contributed by atoms with Crippen LogP contribution in [0.5, 0.6) is 0 Å². The van der Waals surface area contributed by atoms with Crippen molar-refractivity contribution >= 4 is 33.3 Å². The highest BCUT2D eigenvalue weighted by Crippen LogP contribution is 2.23. The maximum atomic E-state index is 11.4. The van der Waals surface area contributed by atoms with Gasteiger partial charge < -0.3 is 5.73 Å². The summed E-state index contributed by atoms with van der Waals surface area (Å²) < 4.78 is 0.709. The van der Waals surface area contributed by atoms with Crippen molar-refractivity contribution in [1.29, 1.82) is 0 Å². The molecule has 0 aliphatic heterocycles. The van der Waals surface area contributed by atoms with Gasteiger partial charge in [-0.25, -0.2) is 0 Å². The second-order valence-electron chi connectivity index (χ2n) is 2.78.